The third-order valence-corrected chi connectivity index (χ3v) is 2.85. The van der Waals surface area contributed by atoms with Crippen LogP contribution in [0.2, 0.25) is 0 Å². The topological polar surface area (TPSA) is 29.1 Å². The predicted octanol–water partition coefficient (Wildman–Crippen LogP) is 2.54. The van der Waals surface area contributed by atoms with Crippen LogP contribution < -0.4 is 4.72 Å². The molecule has 1 atom stereocenters. The molecule has 0 heterocycles. The first-order valence-corrected chi connectivity index (χ1v) is 5.74. The van der Waals surface area contributed by atoms with Crippen LogP contribution in [-0.4, -0.2) is 9.96 Å². The maximum Gasteiger partial charge on any atom is 0.116 e. The molecule has 1 aromatic rings. The third kappa shape index (κ3) is 2.95. The molecule has 1 rings (SSSR count). The molecule has 1 N–H and O–H groups in total. The number of rotatable bonds is 3. The van der Waals surface area contributed by atoms with E-state index in [-0.39, 0.29) is 0 Å². The van der Waals surface area contributed by atoms with Crippen molar-refractivity contribution in [3.63, 3.8) is 0 Å². The zero-order valence-electron chi connectivity index (χ0n) is 6.71. The van der Waals surface area contributed by atoms with Crippen molar-refractivity contribution in [2.45, 2.75) is 6.92 Å². The average molecular weight is 248 g/mol. The van der Waals surface area contributed by atoms with Gasteiger partial charge in [-0.3, -0.25) is 0 Å². The Kier molecular flexibility index (Phi) is 3.75. The van der Waals surface area contributed by atoms with E-state index in [0.717, 1.165) is 10.2 Å². The van der Waals surface area contributed by atoms with Crippen LogP contribution in [0.15, 0.2) is 28.7 Å². The van der Waals surface area contributed by atoms with E-state index in [0.29, 0.717) is 5.75 Å². The lowest BCUT2D eigenvalue weighted by molar-refractivity contribution is 0.687. The minimum atomic E-state index is -0.950. The highest BCUT2D eigenvalue weighted by molar-refractivity contribution is 9.10. The quantitative estimate of drug-likeness (QED) is 0.875. The molecule has 0 aliphatic rings. The Morgan fingerprint density at radius 2 is 2.00 bits per heavy atom. The number of benzene rings is 1. The van der Waals surface area contributed by atoms with E-state index in [2.05, 4.69) is 20.7 Å². The maximum atomic E-state index is 11.1. The minimum absolute atomic E-state index is 0.621. The fourth-order valence-corrected chi connectivity index (χ4v) is 1.53. The van der Waals surface area contributed by atoms with Crippen molar-refractivity contribution in [1.29, 1.82) is 0 Å². The predicted molar refractivity (Wildman–Crippen MR) is 56.4 cm³/mol. The van der Waals surface area contributed by atoms with Gasteiger partial charge in [0.1, 0.15) is 11.0 Å². The highest BCUT2D eigenvalue weighted by atomic mass is 79.9. The molecule has 4 heteroatoms. The van der Waals surface area contributed by atoms with E-state index in [9.17, 15) is 4.21 Å². The summed E-state index contributed by atoms with van der Waals surface area (Å²) in [6, 6.07) is 7.60. The van der Waals surface area contributed by atoms with Crippen LogP contribution >= 0.6 is 15.9 Å². The SMILES string of the molecule is CC[S@@](=O)Nc1ccc(Br)cc1. The molecule has 0 aliphatic carbocycles. The second-order valence-corrected chi connectivity index (χ2v) is 4.63. The molecular formula is C8H10BrNOS. The highest BCUT2D eigenvalue weighted by Gasteiger charge is 1.95. The van der Waals surface area contributed by atoms with Gasteiger partial charge < -0.3 is 4.72 Å². The average Bonchev–Trinajstić information content (AvgIpc) is 2.09. The zero-order valence-corrected chi connectivity index (χ0v) is 9.11. The van der Waals surface area contributed by atoms with Gasteiger partial charge in [-0.25, -0.2) is 4.21 Å². The lowest BCUT2D eigenvalue weighted by atomic mass is 10.3. The van der Waals surface area contributed by atoms with E-state index >= 15 is 0 Å². The van der Waals surface area contributed by atoms with Gasteiger partial charge in [0.2, 0.25) is 0 Å². The van der Waals surface area contributed by atoms with Crippen molar-refractivity contribution in [1.82, 2.24) is 0 Å². The van der Waals surface area contributed by atoms with Crippen LogP contribution in [0.25, 0.3) is 0 Å². The molecule has 0 radical (unpaired) electrons. The Hall–Kier alpha value is -0.350. The van der Waals surface area contributed by atoms with Crippen molar-refractivity contribution >= 4 is 32.6 Å². The first-order valence-electron chi connectivity index (χ1n) is 3.63. The Balaban J connectivity index is 2.64. The molecule has 0 bridgehead atoms. The minimum Gasteiger partial charge on any atom is -0.305 e. The molecular weight excluding hydrogens is 238 g/mol. The van der Waals surface area contributed by atoms with E-state index in [1.807, 2.05) is 31.2 Å². The van der Waals surface area contributed by atoms with Gasteiger partial charge in [0, 0.05) is 15.9 Å². The molecule has 0 spiro atoms. The molecule has 0 fully saturated rings. The third-order valence-electron chi connectivity index (χ3n) is 1.34. The van der Waals surface area contributed by atoms with Crippen molar-refractivity contribution in [2.75, 3.05) is 10.5 Å². The van der Waals surface area contributed by atoms with Gasteiger partial charge in [-0.15, -0.1) is 0 Å². The lowest BCUT2D eigenvalue weighted by Crippen LogP contribution is -2.05. The van der Waals surface area contributed by atoms with Crippen LogP contribution in [0.3, 0.4) is 0 Å². The molecule has 0 aromatic heterocycles. The van der Waals surface area contributed by atoms with Crippen molar-refractivity contribution in [3.05, 3.63) is 28.7 Å². The monoisotopic (exact) mass is 247 g/mol. The van der Waals surface area contributed by atoms with E-state index in [1.54, 1.807) is 0 Å². The summed E-state index contributed by atoms with van der Waals surface area (Å²) < 4.78 is 14.9. The Morgan fingerprint density at radius 1 is 1.42 bits per heavy atom. The number of hydrogen-bond donors (Lipinski definition) is 1. The normalized spacial score (nSPS) is 12.5. The Morgan fingerprint density at radius 3 is 2.50 bits per heavy atom. The second kappa shape index (κ2) is 4.62. The van der Waals surface area contributed by atoms with Gasteiger partial charge in [-0.2, -0.15) is 0 Å². The van der Waals surface area contributed by atoms with Crippen molar-refractivity contribution in [3.8, 4) is 0 Å². The van der Waals surface area contributed by atoms with Crippen LogP contribution in [0, 0.1) is 0 Å². The van der Waals surface area contributed by atoms with Gasteiger partial charge in [-0.05, 0) is 24.3 Å². The molecule has 0 aliphatic heterocycles. The zero-order chi connectivity index (χ0) is 8.97. The summed E-state index contributed by atoms with van der Waals surface area (Å²) in [5.74, 6) is 0.621. The summed E-state index contributed by atoms with van der Waals surface area (Å²) in [6.07, 6.45) is 0. The Labute approximate surface area is 83.1 Å². The number of hydrogen-bond acceptors (Lipinski definition) is 1. The van der Waals surface area contributed by atoms with Crippen LogP contribution in [0.4, 0.5) is 5.69 Å². The van der Waals surface area contributed by atoms with Crippen LogP contribution in [0.1, 0.15) is 6.92 Å². The molecule has 0 amide bonds. The summed E-state index contributed by atoms with van der Waals surface area (Å²) in [6.45, 7) is 1.88. The Bertz CT molecular complexity index is 273. The van der Waals surface area contributed by atoms with Gasteiger partial charge in [0.15, 0.2) is 0 Å². The summed E-state index contributed by atoms with van der Waals surface area (Å²) in [7, 11) is -0.950. The summed E-state index contributed by atoms with van der Waals surface area (Å²) in [5, 5.41) is 0. The highest BCUT2D eigenvalue weighted by Crippen LogP contribution is 2.14. The second-order valence-electron chi connectivity index (χ2n) is 2.24. The molecule has 0 unspecified atom stereocenters. The molecule has 2 nitrogen and oxygen atoms in total. The standard InChI is InChI=1S/C8H10BrNOS/c1-2-12(11)10-8-5-3-7(9)4-6-8/h3-6,10H,2H2,1H3/t12-/m1/s1. The lowest BCUT2D eigenvalue weighted by Gasteiger charge is -2.02. The largest absolute Gasteiger partial charge is 0.305 e. The molecule has 66 valence electrons. The molecule has 0 saturated carbocycles. The van der Waals surface area contributed by atoms with Crippen LogP contribution in [-0.2, 0) is 11.0 Å². The first kappa shape index (κ1) is 9.74. The molecule has 0 saturated heterocycles. The van der Waals surface area contributed by atoms with E-state index < -0.39 is 11.0 Å². The number of halogens is 1. The smallest absolute Gasteiger partial charge is 0.116 e. The summed E-state index contributed by atoms with van der Waals surface area (Å²) in [4.78, 5) is 0. The van der Waals surface area contributed by atoms with Gasteiger partial charge in [-0.1, -0.05) is 22.9 Å². The van der Waals surface area contributed by atoms with E-state index in [1.165, 1.54) is 0 Å². The fourth-order valence-electron chi connectivity index (χ4n) is 0.722. The van der Waals surface area contributed by atoms with Gasteiger partial charge >= 0.3 is 0 Å². The van der Waals surface area contributed by atoms with Crippen molar-refractivity contribution in [2.24, 2.45) is 0 Å². The van der Waals surface area contributed by atoms with Crippen LogP contribution in [0.5, 0.6) is 0 Å². The molecule has 12 heavy (non-hydrogen) atoms. The summed E-state index contributed by atoms with van der Waals surface area (Å²) >= 11 is 3.33. The van der Waals surface area contributed by atoms with E-state index in [4.69, 9.17) is 0 Å². The number of nitrogens with one attached hydrogen (secondary N) is 1. The fraction of sp³-hybridized carbons (Fsp3) is 0.250. The van der Waals surface area contributed by atoms with Gasteiger partial charge in [0.25, 0.3) is 0 Å². The summed E-state index contributed by atoms with van der Waals surface area (Å²) in [5.41, 5.74) is 0.887. The first-order chi connectivity index (χ1) is 5.72. The van der Waals surface area contributed by atoms with Gasteiger partial charge in [0.05, 0.1) is 0 Å². The van der Waals surface area contributed by atoms with Crippen molar-refractivity contribution < 1.29 is 4.21 Å². The maximum absolute atomic E-state index is 11.1. The number of anilines is 1. The molecule has 1 aromatic carbocycles.